The van der Waals surface area contributed by atoms with Crippen molar-refractivity contribution in [2.75, 3.05) is 6.61 Å². The van der Waals surface area contributed by atoms with E-state index in [9.17, 15) is 14.7 Å². The lowest BCUT2D eigenvalue weighted by molar-refractivity contribution is -0.138. The number of benzene rings is 1. The molecule has 0 spiro atoms. The van der Waals surface area contributed by atoms with E-state index >= 15 is 0 Å². The average Bonchev–Trinajstić information content (AvgIpc) is 2.43. The zero-order valence-electron chi connectivity index (χ0n) is 10.8. The van der Waals surface area contributed by atoms with E-state index in [1.807, 2.05) is 6.92 Å². The van der Waals surface area contributed by atoms with Crippen molar-refractivity contribution < 1.29 is 24.5 Å². The second kappa shape index (κ2) is 6.95. The van der Waals surface area contributed by atoms with Crippen molar-refractivity contribution in [2.24, 2.45) is 0 Å². The second-order valence-electron chi connectivity index (χ2n) is 3.88. The van der Waals surface area contributed by atoms with E-state index in [-0.39, 0.29) is 29.1 Å². The van der Waals surface area contributed by atoms with Gasteiger partial charge < -0.3 is 14.9 Å². The molecule has 0 bridgehead atoms. The van der Waals surface area contributed by atoms with Crippen LogP contribution in [0.2, 0.25) is 0 Å². The van der Waals surface area contributed by atoms with Crippen LogP contribution in [0.4, 0.5) is 0 Å². The Morgan fingerprint density at radius 2 is 2.15 bits per heavy atom. The molecule has 6 nitrogen and oxygen atoms in total. The Morgan fingerprint density at radius 1 is 1.45 bits per heavy atom. The zero-order valence-corrected chi connectivity index (χ0v) is 10.8. The number of carbonyl (C=O) groups is 2. The number of aromatic hydroxyl groups is 1. The van der Waals surface area contributed by atoms with Crippen molar-refractivity contribution in [1.82, 2.24) is 0 Å². The molecule has 20 heavy (non-hydrogen) atoms. The smallest absolute Gasteiger partial charge is 0.348 e. The number of carboxylic acids is 1. The fraction of sp³-hybridized carbons (Fsp3) is 0.214. The first kappa shape index (κ1) is 15.2. The number of nitriles is 1. The summed E-state index contributed by atoms with van der Waals surface area (Å²) in [5, 5.41) is 27.3. The SMILES string of the molecule is CCCOC(=O)/C(C#N)=C/c1ccc(C(=O)O)cc1O. The molecule has 0 aliphatic carbocycles. The number of phenols is 1. The van der Waals surface area contributed by atoms with E-state index in [2.05, 4.69) is 0 Å². The number of rotatable bonds is 5. The van der Waals surface area contributed by atoms with Gasteiger partial charge in [0.25, 0.3) is 0 Å². The molecular weight excluding hydrogens is 262 g/mol. The third kappa shape index (κ3) is 3.85. The lowest BCUT2D eigenvalue weighted by atomic mass is 10.1. The Morgan fingerprint density at radius 3 is 2.65 bits per heavy atom. The van der Waals surface area contributed by atoms with Crippen molar-refractivity contribution in [3.05, 3.63) is 34.9 Å². The first-order valence-electron chi connectivity index (χ1n) is 5.84. The highest BCUT2D eigenvalue weighted by atomic mass is 16.5. The van der Waals surface area contributed by atoms with Gasteiger partial charge in [0.05, 0.1) is 12.2 Å². The zero-order chi connectivity index (χ0) is 15.1. The summed E-state index contributed by atoms with van der Waals surface area (Å²) in [6.07, 6.45) is 1.78. The third-order valence-electron chi connectivity index (χ3n) is 2.35. The molecule has 0 amide bonds. The molecule has 1 rings (SSSR count). The fourth-order valence-corrected chi connectivity index (χ4v) is 1.36. The van der Waals surface area contributed by atoms with E-state index in [1.165, 1.54) is 12.1 Å². The van der Waals surface area contributed by atoms with Gasteiger partial charge in [-0.2, -0.15) is 5.26 Å². The molecule has 1 aromatic carbocycles. The lowest BCUT2D eigenvalue weighted by Crippen LogP contribution is -2.07. The molecule has 0 aromatic heterocycles. The Kier molecular flexibility index (Phi) is 5.30. The van der Waals surface area contributed by atoms with Gasteiger partial charge >= 0.3 is 11.9 Å². The van der Waals surface area contributed by atoms with Gasteiger partial charge in [-0.1, -0.05) is 13.0 Å². The van der Waals surface area contributed by atoms with E-state index in [4.69, 9.17) is 15.1 Å². The molecule has 2 N–H and O–H groups in total. The average molecular weight is 275 g/mol. The highest BCUT2D eigenvalue weighted by Gasteiger charge is 2.12. The summed E-state index contributed by atoms with van der Waals surface area (Å²) in [7, 11) is 0. The third-order valence-corrected chi connectivity index (χ3v) is 2.35. The highest BCUT2D eigenvalue weighted by Crippen LogP contribution is 2.22. The number of phenolic OH excluding ortho intramolecular Hbond substituents is 1. The van der Waals surface area contributed by atoms with Crippen LogP contribution in [-0.2, 0) is 9.53 Å². The summed E-state index contributed by atoms with van der Waals surface area (Å²) in [6.45, 7) is 2.02. The number of ether oxygens (including phenoxy) is 1. The van der Waals surface area contributed by atoms with Crippen LogP contribution in [0.1, 0.15) is 29.3 Å². The van der Waals surface area contributed by atoms with Gasteiger partial charge in [0.1, 0.15) is 17.4 Å². The van der Waals surface area contributed by atoms with Crippen LogP contribution >= 0.6 is 0 Å². The first-order valence-corrected chi connectivity index (χ1v) is 5.84. The number of carbonyl (C=O) groups excluding carboxylic acids is 1. The molecule has 0 fully saturated rings. The van der Waals surface area contributed by atoms with Crippen molar-refractivity contribution in [2.45, 2.75) is 13.3 Å². The van der Waals surface area contributed by atoms with Gasteiger partial charge in [0.2, 0.25) is 0 Å². The highest BCUT2D eigenvalue weighted by molar-refractivity contribution is 5.98. The molecule has 0 unspecified atom stereocenters. The Bertz CT molecular complexity index is 598. The van der Waals surface area contributed by atoms with Crippen LogP contribution in [0.25, 0.3) is 6.08 Å². The van der Waals surface area contributed by atoms with Gasteiger partial charge in [-0.05, 0) is 24.6 Å². The second-order valence-corrected chi connectivity index (χ2v) is 3.88. The topological polar surface area (TPSA) is 108 Å². The summed E-state index contributed by atoms with van der Waals surface area (Å²) in [6, 6.07) is 5.30. The number of hydrogen-bond donors (Lipinski definition) is 2. The van der Waals surface area contributed by atoms with Gasteiger partial charge in [0, 0.05) is 5.56 Å². The monoisotopic (exact) mass is 275 g/mol. The van der Waals surface area contributed by atoms with Crippen molar-refractivity contribution in [3.8, 4) is 11.8 Å². The molecule has 104 valence electrons. The minimum Gasteiger partial charge on any atom is -0.507 e. The van der Waals surface area contributed by atoms with Crippen molar-refractivity contribution in [3.63, 3.8) is 0 Å². The number of hydrogen-bond acceptors (Lipinski definition) is 5. The van der Waals surface area contributed by atoms with Crippen LogP contribution in [0.15, 0.2) is 23.8 Å². The maximum Gasteiger partial charge on any atom is 0.348 e. The molecule has 0 saturated heterocycles. The Labute approximate surface area is 115 Å². The van der Waals surface area contributed by atoms with E-state index in [0.29, 0.717) is 6.42 Å². The summed E-state index contributed by atoms with van der Waals surface area (Å²) in [5.41, 5.74) is -0.191. The number of aromatic carboxylic acids is 1. The van der Waals surface area contributed by atoms with Gasteiger partial charge in [-0.25, -0.2) is 9.59 Å². The van der Waals surface area contributed by atoms with Crippen LogP contribution in [0.3, 0.4) is 0 Å². The summed E-state index contributed by atoms with van der Waals surface area (Å²) in [4.78, 5) is 22.3. The summed E-state index contributed by atoms with van der Waals surface area (Å²) in [5.74, 6) is -2.30. The minimum atomic E-state index is -1.18. The van der Waals surface area contributed by atoms with Gasteiger partial charge in [-0.15, -0.1) is 0 Å². The van der Waals surface area contributed by atoms with Gasteiger partial charge in [0.15, 0.2) is 0 Å². The molecule has 0 saturated carbocycles. The maximum atomic E-state index is 11.5. The number of esters is 1. The number of carboxylic acid groups (broad SMARTS) is 1. The van der Waals surface area contributed by atoms with Crippen LogP contribution < -0.4 is 0 Å². The van der Waals surface area contributed by atoms with E-state index in [0.717, 1.165) is 12.1 Å². The normalized spacial score (nSPS) is 10.7. The molecule has 0 aliphatic heterocycles. The molecule has 0 radical (unpaired) electrons. The predicted molar refractivity (Wildman–Crippen MR) is 69.9 cm³/mol. The van der Waals surface area contributed by atoms with E-state index < -0.39 is 11.9 Å². The van der Waals surface area contributed by atoms with Crippen molar-refractivity contribution in [1.29, 1.82) is 5.26 Å². The summed E-state index contributed by atoms with van der Waals surface area (Å²) < 4.78 is 4.81. The molecular formula is C14H13NO5. The van der Waals surface area contributed by atoms with Crippen LogP contribution in [0, 0.1) is 11.3 Å². The Balaban J connectivity index is 3.05. The molecule has 0 heterocycles. The Hall–Kier alpha value is -2.81. The van der Waals surface area contributed by atoms with Gasteiger partial charge in [-0.3, -0.25) is 0 Å². The van der Waals surface area contributed by atoms with E-state index in [1.54, 1.807) is 6.07 Å². The first-order chi connectivity index (χ1) is 9.49. The van der Waals surface area contributed by atoms with Crippen LogP contribution in [0.5, 0.6) is 5.75 Å². The lowest BCUT2D eigenvalue weighted by Gasteiger charge is -2.03. The largest absolute Gasteiger partial charge is 0.507 e. The molecule has 6 heteroatoms. The quantitative estimate of drug-likeness (QED) is 0.483. The maximum absolute atomic E-state index is 11.5. The molecule has 0 atom stereocenters. The predicted octanol–water partition coefficient (Wildman–Crippen LogP) is 1.95. The van der Waals surface area contributed by atoms with Crippen LogP contribution in [-0.4, -0.2) is 28.8 Å². The summed E-state index contributed by atoms with van der Waals surface area (Å²) >= 11 is 0. The van der Waals surface area contributed by atoms with Crippen molar-refractivity contribution >= 4 is 18.0 Å². The molecule has 1 aromatic rings. The molecule has 0 aliphatic rings. The number of nitrogens with zero attached hydrogens (tertiary/aromatic N) is 1. The minimum absolute atomic E-state index is 0.0910. The standard InChI is InChI=1S/C14H13NO5/c1-2-5-20-14(19)11(8-15)6-9-3-4-10(13(17)18)7-12(9)16/h3-4,6-7,16H,2,5H2,1H3,(H,17,18)/b11-6+. The fourth-order valence-electron chi connectivity index (χ4n) is 1.36.